The molecule has 0 radical (unpaired) electrons. The van der Waals surface area contributed by atoms with Crippen molar-refractivity contribution >= 4 is 17.6 Å². The van der Waals surface area contributed by atoms with Gasteiger partial charge in [0.2, 0.25) is 11.8 Å². The van der Waals surface area contributed by atoms with Gasteiger partial charge < -0.3 is 10.6 Å². The third-order valence-corrected chi connectivity index (χ3v) is 5.01. The predicted molar refractivity (Wildman–Crippen MR) is 123 cm³/mol. The summed E-state index contributed by atoms with van der Waals surface area (Å²) in [6.45, 7) is 0.420. The van der Waals surface area contributed by atoms with Gasteiger partial charge in [-0.25, -0.2) is 4.98 Å². The summed E-state index contributed by atoms with van der Waals surface area (Å²) in [7, 11) is 0. The fraction of sp³-hybridized carbons (Fsp3) is 0.269. The van der Waals surface area contributed by atoms with Gasteiger partial charge in [-0.15, -0.1) is 0 Å². The van der Waals surface area contributed by atoms with Gasteiger partial charge >= 0.3 is 0 Å². The van der Waals surface area contributed by atoms with Gasteiger partial charge in [0.15, 0.2) is 0 Å². The van der Waals surface area contributed by atoms with Gasteiger partial charge in [-0.05, 0) is 54.5 Å². The monoisotopic (exact) mass is 415 g/mol. The number of rotatable bonds is 11. The standard InChI is InChI=1S/C26H29N3O2/c30-25(15-7-13-21-9-3-1-4-10-21)28-20-23-17-18-27-24(19-23)29-26(31)16-8-14-22-11-5-2-6-12-22/h1-6,9-12,17-19H,7-8,13-16,20H2,(H,28,30)(H,27,29,31). The van der Waals surface area contributed by atoms with Crippen LogP contribution in [0.2, 0.25) is 0 Å². The third kappa shape index (κ3) is 8.42. The number of carbonyl (C=O) groups excluding carboxylic acids is 2. The van der Waals surface area contributed by atoms with Crippen LogP contribution in [0.25, 0.3) is 0 Å². The molecule has 0 saturated carbocycles. The fourth-order valence-electron chi connectivity index (χ4n) is 3.34. The predicted octanol–water partition coefficient (Wildman–Crippen LogP) is 4.68. The SMILES string of the molecule is O=C(CCCc1ccccc1)NCc1ccnc(NC(=O)CCCc2ccccc2)c1. The zero-order chi connectivity index (χ0) is 21.7. The van der Waals surface area contributed by atoms with Crippen molar-refractivity contribution in [1.82, 2.24) is 10.3 Å². The average Bonchev–Trinajstić information content (AvgIpc) is 2.79. The van der Waals surface area contributed by atoms with Crippen molar-refractivity contribution in [2.45, 2.75) is 45.1 Å². The van der Waals surface area contributed by atoms with Gasteiger partial charge in [-0.3, -0.25) is 9.59 Å². The molecule has 5 nitrogen and oxygen atoms in total. The first kappa shape index (κ1) is 22.2. The van der Waals surface area contributed by atoms with E-state index < -0.39 is 0 Å². The highest BCUT2D eigenvalue weighted by Crippen LogP contribution is 2.10. The molecular weight excluding hydrogens is 386 g/mol. The molecule has 5 heteroatoms. The Morgan fingerprint density at radius 1 is 0.710 bits per heavy atom. The van der Waals surface area contributed by atoms with Crippen LogP contribution in [0.1, 0.15) is 42.4 Å². The molecule has 3 rings (SSSR count). The first-order chi connectivity index (χ1) is 15.2. The molecule has 0 atom stereocenters. The number of nitrogens with zero attached hydrogens (tertiary/aromatic N) is 1. The van der Waals surface area contributed by atoms with Gasteiger partial charge in [-0.2, -0.15) is 0 Å². The van der Waals surface area contributed by atoms with Gasteiger partial charge in [-0.1, -0.05) is 60.7 Å². The Balaban J connectivity index is 1.36. The zero-order valence-electron chi connectivity index (χ0n) is 17.7. The maximum Gasteiger partial charge on any atom is 0.225 e. The van der Waals surface area contributed by atoms with E-state index >= 15 is 0 Å². The Morgan fingerprint density at radius 3 is 1.90 bits per heavy atom. The maximum atomic E-state index is 12.2. The van der Waals surface area contributed by atoms with Crippen LogP contribution in [-0.4, -0.2) is 16.8 Å². The van der Waals surface area contributed by atoms with E-state index in [1.165, 1.54) is 11.1 Å². The summed E-state index contributed by atoms with van der Waals surface area (Å²) in [5.74, 6) is 0.491. The average molecular weight is 416 g/mol. The minimum atomic E-state index is -0.0504. The lowest BCUT2D eigenvalue weighted by molar-refractivity contribution is -0.121. The summed E-state index contributed by atoms with van der Waals surface area (Å²) in [5.41, 5.74) is 3.38. The first-order valence-corrected chi connectivity index (χ1v) is 10.8. The van der Waals surface area contributed by atoms with Crippen LogP contribution in [0.3, 0.4) is 0 Å². The Kier molecular flexibility index (Phi) is 8.80. The molecule has 0 aliphatic heterocycles. The summed E-state index contributed by atoms with van der Waals surface area (Å²) in [6.07, 6.45) is 5.95. The minimum Gasteiger partial charge on any atom is -0.352 e. The second-order valence-corrected chi connectivity index (χ2v) is 7.55. The number of hydrogen-bond acceptors (Lipinski definition) is 3. The molecule has 0 aliphatic rings. The molecule has 0 fully saturated rings. The molecule has 2 aromatic carbocycles. The second-order valence-electron chi connectivity index (χ2n) is 7.55. The van der Waals surface area contributed by atoms with Crippen molar-refractivity contribution in [3.8, 4) is 0 Å². The molecule has 1 heterocycles. The summed E-state index contributed by atoms with van der Waals surface area (Å²) in [5, 5.41) is 5.78. The number of nitrogens with one attached hydrogen (secondary N) is 2. The highest BCUT2D eigenvalue weighted by atomic mass is 16.2. The maximum absolute atomic E-state index is 12.2. The van der Waals surface area contributed by atoms with Crippen molar-refractivity contribution in [2.75, 3.05) is 5.32 Å². The molecular formula is C26H29N3O2. The van der Waals surface area contributed by atoms with E-state index in [0.717, 1.165) is 31.2 Å². The molecule has 0 aliphatic carbocycles. The van der Waals surface area contributed by atoms with E-state index in [0.29, 0.717) is 25.2 Å². The third-order valence-electron chi connectivity index (χ3n) is 5.01. The molecule has 0 unspecified atom stereocenters. The van der Waals surface area contributed by atoms with Crippen LogP contribution in [0.4, 0.5) is 5.82 Å². The Hall–Kier alpha value is -3.47. The minimum absolute atomic E-state index is 0.0271. The van der Waals surface area contributed by atoms with Gasteiger partial charge in [0.1, 0.15) is 5.82 Å². The molecule has 2 N–H and O–H groups in total. The summed E-state index contributed by atoms with van der Waals surface area (Å²) in [6, 6.07) is 24.0. The van der Waals surface area contributed by atoms with Crippen molar-refractivity contribution in [3.63, 3.8) is 0 Å². The fourth-order valence-corrected chi connectivity index (χ4v) is 3.34. The first-order valence-electron chi connectivity index (χ1n) is 10.8. The highest BCUT2D eigenvalue weighted by molar-refractivity contribution is 5.89. The largest absolute Gasteiger partial charge is 0.352 e. The Labute approximate surface area is 183 Å². The quantitative estimate of drug-likeness (QED) is 0.478. The van der Waals surface area contributed by atoms with Crippen molar-refractivity contribution in [3.05, 3.63) is 95.7 Å². The lowest BCUT2D eigenvalue weighted by Crippen LogP contribution is -2.22. The number of aromatic nitrogens is 1. The van der Waals surface area contributed by atoms with E-state index in [2.05, 4.69) is 39.9 Å². The zero-order valence-corrected chi connectivity index (χ0v) is 17.7. The van der Waals surface area contributed by atoms with Gasteiger partial charge in [0.25, 0.3) is 0 Å². The lowest BCUT2D eigenvalue weighted by atomic mass is 10.1. The molecule has 160 valence electrons. The van der Waals surface area contributed by atoms with Crippen LogP contribution in [0.5, 0.6) is 0 Å². The highest BCUT2D eigenvalue weighted by Gasteiger charge is 2.06. The number of hydrogen-bond donors (Lipinski definition) is 2. The number of anilines is 1. The van der Waals surface area contributed by atoms with Crippen LogP contribution in [0.15, 0.2) is 79.0 Å². The van der Waals surface area contributed by atoms with E-state index in [1.54, 1.807) is 12.3 Å². The van der Waals surface area contributed by atoms with Crippen LogP contribution < -0.4 is 10.6 Å². The second kappa shape index (κ2) is 12.3. The summed E-state index contributed by atoms with van der Waals surface area (Å²) in [4.78, 5) is 28.5. The smallest absolute Gasteiger partial charge is 0.225 e. The van der Waals surface area contributed by atoms with E-state index in [4.69, 9.17) is 0 Å². The summed E-state index contributed by atoms with van der Waals surface area (Å²) >= 11 is 0. The van der Waals surface area contributed by atoms with Crippen LogP contribution in [0, 0.1) is 0 Å². The van der Waals surface area contributed by atoms with E-state index in [-0.39, 0.29) is 11.8 Å². The van der Waals surface area contributed by atoms with E-state index in [9.17, 15) is 9.59 Å². The molecule has 2 amide bonds. The van der Waals surface area contributed by atoms with Crippen LogP contribution in [-0.2, 0) is 29.0 Å². The molecule has 31 heavy (non-hydrogen) atoms. The van der Waals surface area contributed by atoms with Crippen molar-refractivity contribution in [1.29, 1.82) is 0 Å². The number of benzene rings is 2. The summed E-state index contributed by atoms with van der Waals surface area (Å²) < 4.78 is 0. The number of carbonyl (C=O) groups is 2. The van der Waals surface area contributed by atoms with Gasteiger partial charge in [0.05, 0.1) is 0 Å². The topological polar surface area (TPSA) is 71.1 Å². The number of pyridine rings is 1. The Bertz CT molecular complexity index is 959. The molecule has 0 saturated heterocycles. The number of aryl methyl sites for hydroxylation is 2. The van der Waals surface area contributed by atoms with Crippen molar-refractivity contribution in [2.24, 2.45) is 0 Å². The molecule has 0 spiro atoms. The molecule has 0 bridgehead atoms. The normalized spacial score (nSPS) is 10.5. The van der Waals surface area contributed by atoms with Crippen LogP contribution >= 0.6 is 0 Å². The molecule has 1 aromatic heterocycles. The van der Waals surface area contributed by atoms with Gasteiger partial charge in [0, 0.05) is 25.6 Å². The van der Waals surface area contributed by atoms with E-state index in [1.807, 2.05) is 42.5 Å². The number of amides is 2. The Morgan fingerprint density at radius 2 is 1.29 bits per heavy atom. The van der Waals surface area contributed by atoms with Crippen molar-refractivity contribution < 1.29 is 9.59 Å². The lowest BCUT2D eigenvalue weighted by Gasteiger charge is -2.08. The molecule has 3 aromatic rings.